The lowest BCUT2D eigenvalue weighted by atomic mass is 9.79. The third-order valence-electron chi connectivity index (χ3n) is 4.92. The molecule has 2 aromatic rings. The first-order valence-electron chi connectivity index (χ1n) is 8.15. The fourth-order valence-electron chi connectivity index (χ4n) is 3.20. The van der Waals surface area contributed by atoms with Gasteiger partial charge in [0, 0.05) is 19.1 Å². The molecule has 1 aromatic carbocycles. The molecule has 5 nitrogen and oxygen atoms in total. The Morgan fingerprint density at radius 1 is 1.38 bits per heavy atom. The molecule has 1 aliphatic rings. The Bertz CT molecular complexity index is 768. The summed E-state index contributed by atoms with van der Waals surface area (Å²) < 4.78 is 1.72. The van der Waals surface area contributed by atoms with Crippen LogP contribution >= 0.6 is 11.6 Å². The second kappa shape index (κ2) is 6.22. The van der Waals surface area contributed by atoms with Crippen LogP contribution in [0.25, 0.3) is 5.69 Å². The smallest absolute Gasteiger partial charge is 0.257 e. The minimum absolute atomic E-state index is 0.00535. The standard InChI is InChI=1S/C18H23ClN4O/c1-12-13(10-21-23(12)15-7-5-4-6-14(15)19)17(24)22-9-8-16(20)18(2,3)11-22/h4-7,10,16H,8-9,11,20H2,1-3H3. The minimum Gasteiger partial charge on any atom is -0.338 e. The largest absolute Gasteiger partial charge is 0.338 e. The molecule has 3 rings (SSSR count). The predicted octanol–water partition coefficient (Wildman–Crippen LogP) is 3.03. The number of carbonyl (C=O) groups excluding carboxylic acids is 1. The van der Waals surface area contributed by atoms with Gasteiger partial charge in [-0.05, 0) is 30.9 Å². The molecule has 1 amide bonds. The van der Waals surface area contributed by atoms with Crippen LogP contribution in [0.1, 0.15) is 36.3 Å². The summed E-state index contributed by atoms with van der Waals surface area (Å²) in [5, 5.41) is 4.98. The summed E-state index contributed by atoms with van der Waals surface area (Å²) in [4.78, 5) is 14.8. The van der Waals surface area contributed by atoms with Gasteiger partial charge in [0.2, 0.25) is 0 Å². The van der Waals surface area contributed by atoms with Gasteiger partial charge in [0.05, 0.1) is 28.2 Å². The second-order valence-corrected chi connectivity index (χ2v) is 7.52. The average molecular weight is 347 g/mol. The fourth-order valence-corrected chi connectivity index (χ4v) is 3.42. The number of nitrogens with two attached hydrogens (primary N) is 1. The van der Waals surface area contributed by atoms with Crippen LogP contribution in [0.5, 0.6) is 0 Å². The molecule has 6 heteroatoms. The van der Waals surface area contributed by atoms with E-state index >= 15 is 0 Å². The van der Waals surface area contributed by atoms with Gasteiger partial charge in [-0.25, -0.2) is 4.68 Å². The van der Waals surface area contributed by atoms with Crippen molar-refractivity contribution in [3.63, 3.8) is 0 Å². The molecule has 2 heterocycles. The van der Waals surface area contributed by atoms with Crippen LogP contribution in [-0.4, -0.2) is 39.7 Å². The maximum atomic E-state index is 12.9. The zero-order valence-corrected chi connectivity index (χ0v) is 15.0. The number of amides is 1. The number of hydrogen-bond acceptors (Lipinski definition) is 3. The number of carbonyl (C=O) groups is 1. The van der Waals surface area contributed by atoms with Crippen LogP contribution in [0.4, 0.5) is 0 Å². The number of aromatic nitrogens is 2. The van der Waals surface area contributed by atoms with E-state index in [0.29, 0.717) is 23.7 Å². The topological polar surface area (TPSA) is 64.2 Å². The fraction of sp³-hybridized carbons (Fsp3) is 0.444. The van der Waals surface area contributed by atoms with E-state index in [4.69, 9.17) is 17.3 Å². The van der Waals surface area contributed by atoms with Crippen molar-refractivity contribution in [2.24, 2.45) is 11.1 Å². The van der Waals surface area contributed by atoms with E-state index < -0.39 is 0 Å². The highest BCUT2D eigenvalue weighted by Crippen LogP contribution is 2.29. The van der Waals surface area contributed by atoms with E-state index in [2.05, 4.69) is 18.9 Å². The van der Waals surface area contributed by atoms with Crippen LogP contribution in [0.2, 0.25) is 5.02 Å². The number of rotatable bonds is 2. The van der Waals surface area contributed by atoms with Gasteiger partial charge in [0.1, 0.15) is 0 Å². The molecular weight excluding hydrogens is 324 g/mol. The molecule has 0 saturated carbocycles. The van der Waals surface area contributed by atoms with Gasteiger partial charge in [0.15, 0.2) is 0 Å². The van der Waals surface area contributed by atoms with E-state index in [1.165, 1.54) is 0 Å². The van der Waals surface area contributed by atoms with Gasteiger partial charge in [-0.1, -0.05) is 37.6 Å². The Morgan fingerprint density at radius 2 is 2.08 bits per heavy atom. The zero-order valence-electron chi connectivity index (χ0n) is 14.3. The van der Waals surface area contributed by atoms with Crippen molar-refractivity contribution < 1.29 is 4.79 Å². The van der Waals surface area contributed by atoms with E-state index in [0.717, 1.165) is 17.8 Å². The van der Waals surface area contributed by atoms with Gasteiger partial charge in [-0.3, -0.25) is 4.79 Å². The number of nitrogens with zero attached hydrogens (tertiary/aromatic N) is 3. The van der Waals surface area contributed by atoms with Crippen LogP contribution in [0, 0.1) is 12.3 Å². The number of benzene rings is 1. The third kappa shape index (κ3) is 2.94. The minimum atomic E-state index is -0.0828. The Labute approximate surface area is 147 Å². The van der Waals surface area contributed by atoms with Crippen molar-refractivity contribution >= 4 is 17.5 Å². The lowest BCUT2D eigenvalue weighted by molar-refractivity contribution is 0.0532. The Hall–Kier alpha value is -1.85. The van der Waals surface area contributed by atoms with Crippen LogP contribution in [-0.2, 0) is 0 Å². The molecule has 128 valence electrons. The molecule has 0 aliphatic carbocycles. The molecule has 1 aromatic heterocycles. The first-order valence-corrected chi connectivity index (χ1v) is 8.53. The molecule has 1 unspecified atom stereocenters. The lowest BCUT2D eigenvalue weighted by Gasteiger charge is -2.42. The third-order valence-corrected chi connectivity index (χ3v) is 5.24. The van der Waals surface area contributed by atoms with Crippen LogP contribution in [0.15, 0.2) is 30.5 Å². The van der Waals surface area contributed by atoms with Gasteiger partial charge >= 0.3 is 0 Å². The van der Waals surface area contributed by atoms with E-state index in [1.807, 2.05) is 36.1 Å². The highest BCUT2D eigenvalue weighted by Gasteiger charge is 2.36. The number of piperidine rings is 1. The van der Waals surface area contributed by atoms with Crippen molar-refractivity contribution in [1.82, 2.24) is 14.7 Å². The highest BCUT2D eigenvalue weighted by molar-refractivity contribution is 6.32. The Kier molecular flexibility index (Phi) is 4.40. The van der Waals surface area contributed by atoms with Gasteiger partial charge in [-0.15, -0.1) is 0 Å². The lowest BCUT2D eigenvalue weighted by Crippen LogP contribution is -2.54. The molecule has 0 spiro atoms. The summed E-state index contributed by atoms with van der Waals surface area (Å²) in [5.41, 5.74) is 8.27. The molecule has 1 saturated heterocycles. The van der Waals surface area contributed by atoms with E-state index in [9.17, 15) is 4.79 Å². The van der Waals surface area contributed by atoms with Crippen molar-refractivity contribution in [2.45, 2.75) is 33.2 Å². The van der Waals surface area contributed by atoms with Crippen molar-refractivity contribution in [2.75, 3.05) is 13.1 Å². The zero-order chi connectivity index (χ0) is 17.5. The quantitative estimate of drug-likeness (QED) is 0.909. The highest BCUT2D eigenvalue weighted by atomic mass is 35.5. The van der Waals surface area contributed by atoms with Crippen molar-refractivity contribution in [1.29, 1.82) is 0 Å². The number of hydrogen-bond donors (Lipinski definition) is 1. The van der Waals surface area contributed by atoms with Gasteiger partial charge in [0.25, 0.3) is 5.91 Å². The first kappa shape index (κ1) is 17.0. The van der Waals surface area contributed by atoms with Gasteiger partial charge in [-0.2, -0.15) is 5.10 Å². The first-order chi connectivity index (χ1) is 11.3. The summed E-state index contributed by atoms with van der Waals surface area (Å²) >= 11 is 6.25. The summed E-state index contributed by atoms with van der Waals surface area (Å²) in [5.74, 6) is 0.00535. The maximum absolute atomic E-state index is 12.9. The normalized spacial score (nSPS) is 20.2. The molecule has 0 radical (unpaired) electrons. The maximum Gasteiger partial charge on any atom is 0.257 e. The summed E-state index contributed by atoms with van der Waals surface area (Å²) in [7, 11) is 0. The van der Waals surface area contributed by atoms with Crippen molar-refractivity contribution in [3.8, 4) is 5.69 Å². The number of halogens is 1. The predicted molar refractivity (Wildman–Crippen MR) is 95.6 cm³/mol. The van der Waals surface area contributed by atoms with Crippen molar-refractivity contribution in [3.05, 3.63) is 46.7 Å². The summed E-state index contributed by atoms with van der Waals surface area (Å²) in [6.07, 6.45) is 2.44. The number of likely N-dealkylation sites (tertiary alicyclic amines) is 1. The van der Waals surface area contributed by atoms with E-state index in [1.54, 1.807) is 10.9 Å². The molecule has 24 heavy (non-hydrogen) atoms. The molecule has 1 atom stereocenters. The van der Waals surface area contributed by atoms with E-state index in [-0.39, 0.29) is 17.4 Å². The second-order valence-electron chi connectivity index (χ2n) is 7.12. The summed E-state index contributed by atoms with van der Waals surface area (Å²) in [6.45, 7) is 7.45. The summed E-state index contributed by atoms with van der Waals surface area (Å²) in [6, 6.07) is 7.59. The average Bonchev–Trinajstić information content (AvgIpc) is 2.91. The molecule has 0 bridgehead atoms. The molecule has 1 aliphatic heterocycles. The Balaban J connectivity index is 1.89. The SMILES string of the molecule is Cc1c(C(=O)N2CCC(N)C(C)(C)C2)cnn1-c1ccccc1Cl. The molecular formula is C18H23ClN4O. The monoisotopic (exact) mass is 346 g/mol. The van der Waals surface area contributed by atoms with Gasteiger partial charge < -0.3 is 10.6 Å². The Morgan fingerprint density at radius 3 is 2.75 bits per heavy atom. The molecule has 2 N–H and O–H groups in total. The van der Waals surface area contributed by atoms with Crippen LogP contribution < -0.4 is 5.73 Å². The van der Waals surface area contributed by atoms with Crippen LogP contribution in [0.3, 0.4) is 0 Å². The number of para-hydroxylation sites is 1. The molecule has 1 fully saturated rings.